The second kappa shape index (κ2) is 18.4. The van der Waals surface area contributed by atoms with Gasteiger partial charge in [-0.15, -0.1) is 0 Å². The minimum Gasteiger partial charge on any atom is -0.453 e. The SMILES string of the molecule is COC(=O)N[C@H](C(=O)N[C@@H](CC1CC1)c1ncc(-c2ccc(-c3ccc(-c4ccc(-c5cnc([C@@H]6CC7CC7N6C(=O)[C@@H](NC(=O)OC)C(C)C)[nH]5)cc4)c4c3C=C=C=C4)cc2)[nH]1)C(C)C. The third kappa shape index (κ3) is 9.07. The largest absolute Gasteiger partial charge is 0.453 e. The van der Waals surface area contributed by atoms with Gasteiger partial charge in [0.1, 0.15) is 23.7 Å². The first kappa shape index (κ1) is 44.1. The summed E-state index contributed by atoms with van der Waals surface area (Å²) in [6.45, 7) is 7.61. The second-order valence-electron chi connectivity index (χ2n) is 18.6. The lowest BCUT2D eigenvalue weighted by atomic mass is 9.87. The summed E-state index contributed by atoms with van der Waals surface area (Å²) in [7, 11) is 2.59. The highest BCUT2D eigenvalue weighted by Gasteiger charge is 2.56. The molecule has 2 aromatic heterocycles. The van der Waals surface area contributed by atoms with Gasteiger partial charge in [-0.2, -0.15) is 0 Å². The number of carbonyl (C=O) groups is 4. The Hall–Kier alpha value is -7.14. The summed E-state index contributed by atoms with van der Waals surface area (Å²) in [5, 5.41) is 8.56. The molecule has 14 heteroatoms. The molecule has 340 valence electrons. The number of fused-ring (bicyclic) bond motifs is 2. The lowest BCUT2D eigenvalue weighted by Crippen LogP contribution is -2.52. The van der Waals surface area contributed by atoms with E-state index in [-0.39, 0.29) is 41.8 Å². The van der Waals surface area contributed by atoms with Crippen molar-refractivity contribution >= 4 is 36.2 Å². The van der Waals surface area contributed by atoms with Crippen LogP contribution in [-0.4, -0.2) is 81.2 Å². The number of piperidine rings is 1. The first-order valence-corrected chi connectivity index (χ1v) is 22.9. The van der Waals surface area contributed by atoms with Crippen LogP contribution in [0.25, 0.3) is 56.9 Å². The molecule has 0 spiro atoms. The van der Waals surface area contributed by atoms with E-state index in [0.717, 1.165) is 93.8 Å². The van der Waals surface area contributed by atoms with Gasteiger partial charge in [-0.25, -0.2) is 19.6 Å². The van der Waals surface area contributed by atoms with Gasteiger partial charge in [0, 0.05) is 6.04 Å². The first-order chi connectivity index (χ1) is 31.9. The van der Waals surface area contributed by atoms with Crippen LogP contribution in [0.2, 0.25) is 0 Å². The van der Waals surface area contributed by atoms with E-state index < -0.39 is 24.3 Å². The highest BCUT2D eigenvalue weighted by Crippen LogP contribution is 2.53. The first-order valence-electron chi connectivity index (χ1n) is 22.9. The molecule has 4 aliphatic rings. The van der Waals surface area contributed by atoms with Crippen LogP contribution in [0.4, 0.5) is 9.59 Å². The van der Waals surface area contributed by atoms with Crippen LogP contribution in [0.5, 0.6) is 0 Å². The maximum Gasteiger partial charge on any atom is 0.407 e. The molecule has 5 N–H and O–H groups in total. The van der Waals surface area contributed by atoms with Crippen LogP contribution in [0.1, 0.15) is 94.7 Å². The molecule has 5 aromatic rings. The predicted octanol–water partition coefficient (Wildman–Crippen LogP) is 8.98. The van der Waals surface area contributed by atoms with Gasteiger partial charge < -0.3 is 40.3 Å². The number of ether oxygens (including phenoxy) is 2. The third-order valence-corrected chi connectivity index (χ3v) is 13.4. The van der Waals surface area contributed by atoms with Gasteiger partial charge in [-0.3, -0.25) is 9.59 Å². The number of methoxy groups -OCH3 is 2. The molecule has 9 rings (SSSR count). The minimum absolute atomic E-state index is 0.104. The van der Waals surface area contributed by atoms with Gasteiger partial charge in [0.15, 0.2) is 0 Å². The summed E-state index contributed by atoms with van der Waals surface area (Å²) >= 11 is 0. The van der Waals surface area contributed by atoms with Crippen LogP contribution in [0.15, 0.2) is 84.5 Å². The zero-order chi connectivity index (χ0) is 46.2. The summed E-state index contributed by atoms with van der Waals surface area (Å²) in [4.78, 5) is 69.8. The van der Waals surface area contributed by atoms with Gasteiger partial charge in [0.2, 0.25) is 11.8 Å². The summed E-state index contributed by atoms with van der Waals surface area (Å²) in [6.07, 6.45) is 11.1. The van der Waals surface area contributed by atoms with E-state index in [1.807, 2.05) is 50.9 Å². The van der Waals surface area contributed by atoms with Crippen molar-refractivity contribution in [2.45, 2.75) is 90.0 Å². The molecule has 6 atom stereocenters. The molecule has 0 radical (unpaired) electrons. The van der Waals surface area contributed by atoms with Crippen molar-refractivity contribution < 1.29 is 28.7 Å². The lowest BCUT2D eigenvalue weighted by Gasteiger charge is -2.31. The molecule has 3 aromatic carbocycles. The molecule has 1 aliphatic heterocycles. The highest BCUT2D eigenvalue weighted by molar-refractivity contribution is 5.91. The monoisotopic (exact) mass is 888 g/mol. The summed E-state index contributed by atoms with van der Waals surface area (Å²) in [5.74, 6) is 1.76. The average Bonchev–Trinajstić information content (AvgIpc) is 4.11. The fourth-order valence-corrected chi connectivity index (χ4v) is 9.44. The number of nitrogens with one attached hydrogen (secondary N) is 5. The zero-order valence-electron chi connectivity index (χ0n) is 38.1. The summed E-state index contributed by atoms with van der Waals surface area (Å²) in [5.41, 5.74) is 16.4. The van der Waals surface area contributed by atoms with E-state index in [1.54, 1.807) is 6.20 Å². The van der Waals surface area contributed by atoms with Gasteiger partial charge in [0.05, 0.1) is 50.1 Å². The Morgan fingerprint density at radius 2 is 1.23 bits per heavy atom. The number of rotatable bonds is 15. The van der Waals surface area contributed by atoms with E-state index in [2.05, 4.69) is 98.0 Å². The van der Waals surface area contributed by atoms with Crippen molar-refractivity contribution in [1.82, 2.24) is 40.8 Å². The normalized spacial score (nSPS) is 19.2. The smallest absolute Gasteiger partial charge is 0.407 e. The van der Waals surface area contributed by atoms with Crippen molar-refractivity contribution in [2.75, 3.05) is 14.2 Å². The van der Waals surface area contributed by atoms with Gasteiger partial charge >= 0.3 is 12.2 Å². The number of H-pyrrole nitrogens is 2. The number of aromatic nitrogens is 4. The Balaban J connectivity index is 0.900. The number of carbonyl (C=O) groups excluding carboxylic acids is 4. The predicted molar refractivity (Wildman–Crippen MR) is 251 cm³/mol. The van der Waals surface area contributed by atoms with Gasteiger partial charge in [-0.05, 0) is 99.6 Å². The van der Waals surface area contributed by atoms with E-state index in [1.165, 1.54) is 14.2 Å². The van der Waals surface area contributed by atoms with Crippen molar-refractivity contribution in [2.24, 2.45) is 23.7 Å². The summed E-state index contributed by atoms with van der Waals surface area (Å²) in [6, 6.07) is 19.3. The summed E-state index contributed by atoms with van der Waals surface area (Å²) < 4.78 is 9.58. The fraction of sp³-hybridized carbons (Fsp3) is 0.385. The van der Waals surface area contributed by atoms with Gasteiger partial charge in [0.25, 0.3) is 0 Å². The number of imidazole rings is 2. The third-order valence-electron chi connectivity index (χ3n) is 13.4. The van der Waals surface area contributed by atoms with Crippen LogP contribution in [0, 0.1) is 23.7 Å². The standard InChI is InChI=1S/C52H56N8O6/c1-28(2)45(58-51(63)65-5)49(61)57-40(23-30-11-12-30)47-53-26-41(55-47)33-17-13-31(14-18-33)36-21-22-37(39-10-8-7-9-38(36)39)32-15-19-34(20-16-32)42-27-54-48(56-42)44-25-35-24-43(35)60(44)50(62)46(29(3)4)59-52(64)66-6/h9-10,13-22,26-30,35,40,43-46H,11-12,23-25H2,1-6H3,(H,53,55)(H,54,56)(H,57,61)(H,58,63)(H,59,64)/t35?,40-,43?,44-,45-,46-/m0/s1. The van der Waals surface area contributed by atoms with Crippen molar-refractivity contribution in [3.8, 4) is 44.8 Å². The molecule has 2 saturated carbocycles. The molecule has 2 unspecified atom stereocenters. The average molecular weight is 889 g/mol. The van der Waals surface area contributed by atoms with Crippen molar-refractivity contribution in [3.63, 3.8) is 0 Å². The number of nitrogens with zero attached hydrogens (tertiary/aromatic N) is 3. The van der Waals surface area contributed by atoms with Crippen LogP contribution in [0.3, 0.4) is 0 Å². The zero-order valence-corrected chi connectivity index (χ0v) is 38.1. The Kier molecular flexibility index (Phi) is 12.3. The maximum absolute atomic E-state index is 13.9. The van der Waals surface area contributed by atoms with Crippen LogP contribution in [-0.2, 0) is 19.1 Å². The molecule has 0 bridgehead atoms. The molecule has 14 nitrogen and oxygen atoms in total. The fourth-order valence-electron chi connectivity index (χ4n) is 9.44. The Morgan fingerprint density at radius 3 is 1.77 bits per heavy atom. The van der Waals surface area contributed by atoms with E-state index in [9.17, 15) is 19.2 Å². The number of amides is 4. The number of likely N-dealkylation sites (tertiary alicyclic amines) is 1. The number of alkyl carbamates (subject to hydrolysis) is 2. The van der Waals surface area contributed by atoms with Gasteiger partial charge in [-0.1, -0.05) is 113 Å². The Morgan fingerprint density at radius 1 is 0.697 bits per heavy atom. The maximum atomic E-state index is 13.9. The molecule has 4 amide bonds. The Labute approximate surface area is 384 Å². The number of aromatic amines is 2. The van der Waals surface area contributed by atoms with E-state index in [0.29, 0.717) is 17.7 Å². The van der Waals surface area contributed by atoms with Crippen LogP contribution < -0.4 is 16.0 Å². The lowest BCUT2D eigenvalue weighted by molar-refractivity contribution is -0.136. The molecule has 3 aliphatic carbocycles. The van der Waals surface area contributed by atoms with E-state index in [4.69, 9.17) is 19.4 Å². The van der Waals surface area contributed by atoms with Crippen molar-refractivity contribution in [3.05, 3.63) is 107 Å². The highest BCUT2D eigenvalue weighted by atomic mass is 16.5. The molecule has 1 saturated heterocycles. The quantitative estimate of drug-likeness (QED) is 0.0633. The number of hydrogen-bond donors (Lipinski definition) is 5. The Bertz CT molecular complexity index is 2750. The van der Waals surface area contributed by atoms with E-state index >= 15 is 0 Å². The molecular formula is C52H56N8O6. The number of hydrogen-bond acceptors (Lipinski definition) is 8. The number of benzene rings is 3. The second-order valence-corrected chi connectivity index (χ2v) is 18.6. The van der Waals surface area contributed by atoms with Crippen molar-refractivity contribution in [1.29, 1.82) is 0 Å². The molecule has 66 heavy (non-hydrogen) atoms. The van der Waals surface area contributed by atoms with Crippen LogP contribution >= 0.6 is 0 Å². The molecular weight excluding hydrogens is 833 g/mol. The molecule has 3 fully saturated rings. The minimum atomic E-state index is -0.741. The topological polar surface area (TPSA) is 183 Å². The molecule has 3 heterocycles.